The molecule has 2 aromatic rings. The summed E-state index contributed by atoms with van der Waals surface area (Å²) in [5.74, 6) is -1.55. The van der Waals surface area contributed by atoms with Gasteiger partial charge < -0.3 is 15.2 Å². The van der Waals surface area contributed by atoms with E-state index in [1.54, 1.807) is 0 Å². The number of hydrogen-bond donors (Lipinski definition) is 2. The van der Waals surface area contributed by atoms with Gasteiger partial charge in [-0.05, 0) is 36.8 Å². The summed E-state index contributed by atoms with van der Waals surface area (Å²) in [6, 6.07) is 8.38. The van der Waals surface area contributed by atoms with Gasteiger partial charge in [-0.2, -0.15) is 0 Å². The Hall–Kier alpha value is -2.80. The molecule has 26 heavy (non-hydrogen) atoms. The first-order valence-electron chi connectivity index (χ1n) is 8.68. The number of hydrogen-bond acceptors (Lipinski definition) is 5. The van der Waals surface area contributed by atoms with E-state index in [-0.39, 0.29) is 23.4 Å². The van der Waals surface area contributed by atoms with Crippen LogP contribution in [0.25, 0.3) is 0 Å². The van der Waals surface area contributed by atoms with Crippen LogP contribution in [0.4, 0.5) is 0 Å². The van der Waals surface area contributed by atoms with E-state index in [1.165, 1.54) is 11.1 Å². The molecule has 1 heterocycles. The summed E-state index contributed by atoms with van der Waals surface area (Å²) in [6.07, 6.45) is 6.30. The molecule has 0 saturated heterocycles. The Balaban J connectivity index is 1.41. The second-order valence-electron chi connectivity index (χ2n) is 6.15. The molecule has 0 fully saturated rings. The van der Waals surface area contributed by atoms with Gasteiger partial charge in [0.15, 0.2) is 5.69 Å². The molecule has 2 N–H and O–H groups in total. The Bertz CT molecular complexity index is 777. The fourth-order valence-corrected chi connectivity index (χ4v) is 3.03. The van der Waals surface area contributed by atoms with Crippen molar-refractivity contribution in [3.05, 3.63) is 59.2 Å². The zero-order valence-electron chi connectivity index (χ0n) is 14.4. The summed E-state index contributed by atoms with van der Waals surface area (Å²) in [5.41, 5.74) is 2.54. The molecule has 1 aliphatic rings. The van der Waals surface area contributed by atoms with E-state index < -0.39 is 5.97 Å². The van der Waals surface area contributed by atoms with Crippen LogP contribution in [0, 0.1) is 0 Å². The van der Waals surface area contributed by atoms with Gasteiger partial charge in [-0.1, -0.05) is 24.3 Å². The van der Waals surface area contributed by atoms with E-state index in [2.05, 4.69) is 33.5 Å². The molecule has 0 saturated carbocycles. The normalized spacial score (nSPS) is 15.9. The molecule has 136 valence electrons. The zero-order chi connectivity index (χ0) is 18.4. The van der Waals surface area contributed by atoms with Crippen molar-refractivity contribution >= 4 is 11.9 Å². The van der Waals surface area contributed by atoms with E-state index in [4.69, 9.17) is 9.84 Å². The van der Waals surface area contributed by atoms with E-state index >= 15 is 0 Å². The van der Waals surface area contributed by atoms with Crippen molar-refractivity contribution in [2.75, 3.05) is 13.2 Å². The summed E-state index contributed by atoms with van der Waals surface area (Å²) in [5, 5.41) is 11.5. The van der Waals surface area contributed by atoms with Gasteiger partial charge in [-0.25, -0.2) is 14.8 Å². The summed E-state index contributed by atoms with van der Waals surface area (Å²) in [7, 11) is 0. The smallest absolute Gasteiger partial charge is 0.356 e. The molecule has 7 heteroatoms. The highest BCUT2D eigenvalue weighted by Crippen LogP contribution is 2.32. The number of aryl methyl sites for hydroxylation is 1. The molecule has 1 aromatic carbocycles. The molecule has 0 spiro atoms. The van der Waals surface area contributed by atoms with Crippen LogP contribution in [0.2, 0.25) is 0 Å². The second kappa shape index (κ2) is 8.53. The lowest BCUT2D eigenvalue weighted by Crippen LogP contribution is -2.26. The molecular weight excluding hydrogens is 334 g/mol. The van der Waals surface area contributed by atoms with Crippen LogP contribution >= 0.6 is 0 Å². The van der Waals surface area contributed by atoms with E-state index in [1.807, 2.05) is 6.07 Å². The molecule has 1 aromatic heterocycles. The van der Waals surface area contributed by atoms with Gasteiger partial charge in [0, 0.05) is 13.2 Å². The maximum atomic E-state index is 12.0. The van der Waals surface area contributed by atoms with Crippen LogP contribution in [0.1, 0.15) is 57.5 Å². The first-order chi connectivity index (χ1) is 12.6. The van der Waals surface area contributed by atoms with Gasteiger partial charge >= 0.3 is 5.97 Å². The summed E-state index contributed by atoms with van der Waals surface area (Å²) < 4.78 is 5.99. The molecule has 1 amide bonds. The number of ether oxygens (including phenoxy) is 1. The number of rotatable bonds is 7. The fraction of sp³-hybridized carbons (Fsp3) is 0.368. The molecule has 0 radical (unpaired) electrons. The van der Waals surface area contributed by atoms with Crippen LogP contribution in [0.5, 0.6) is 0 Å². The third-order valence-electron chi connectivity index (χ3n) is 4.34. The van der Waals surface area contributed by atoms with Gasteiger partial charge in [0.05, 0.1) is 18.5 Å². The highest BCUT2D eigenvalue weighted by Gasteiger charge is 2.19. The van der Waals surface area contributed by atoms with E-state index in [9.17, 15) is 9.59 Å². The Morgan fingerprint density at radius 1 is 1.19 bits per heavy atom. The van der Waals surface area contributed by atoms with Gasteiger partial charge in [0.1, 0.15) is 5.69 Å². The minimum absolute atomic E-state index is 0.0946. The molecule has 7 nitrogen and oxygen atoms in total. The number of fused-ring (bicyclic) bond motifs is 1. The van der Waals surface area contributed by atoms with Crippen LogP contribution in [-0.2, 0) is 11.2 Å². The van der Waals surface area contributed by atoms with Crippen molar-refractivity contribution in [1.82, 2.24) is 15.3 Å². The Morgan fingerprint density at radius 3 is 2.73 bits per heavy atom. The summed E-state index contributed by atoms with van der Waals surface area (Å²) >= 11 is 0. The first kappa shape index (κ1) is 18.0. The second-order valence-corrected chi connectivity index (χ2v) is 6.15. The van der Waals surface area contributed by atoms with Crippen molar-refractivity contribution < 1.29 is 19.4 Å². The standard InChI is InChI=1S/C19H21N3O4/c23-18(15-11-22-16(12-21-15)19(24)25)20-9-4-10-26-17-8-3-6-13-5-1-2-7-14(13)17/h1-2,5,7,11-12,17H,3-4,6,8-10H2,(H,20,23)(H,24,25). The Morgan fingerprint density at radius 2 is 1.96 bits per heavy atom. The highest BCUT2D eigenvalue weighted by molar-refractivity contribution is 5.92. The number of nitrogens with one attached hydrogen (secondary N) is 1. The fourth-order valence-electron chi connectivity index (χ4n) is 3.03. The molecule has 3 rings (SSSR count). The van der Waals surface area contributed by atoms with Crippen LogP contribution in [0.15, 0.2) is 36.7 Å². The predicted molar refractivity (Wildman–Crippen MR) is 94.0 cm³/mol. The third-order valence-corrected chi connectivity index (χ3v) is 4.34. The van der Waals surface area contributed by atoms with E-state index in [0.29, 0.717) is 19.6 Å². The van der Waals surface area contributed by atoms with Gasteiger partial charge in [0.2, 0.25) is 0 Å². The SMILES string of the molecule is O=C(O)c1cnc(C(=O)NCCCOC2CCCc3ccccc32)cn1. The van der Waals surface area contributed by atoms with Gasteiger partial charge in [-0.15, -0.1) is 0 Å². The van der Waals surface area contributed by atoms with Crippen LogP contribution in [-0.4, -0.2) is 40.1 Å². The Kier molecular flexibility index (Phi) is 5.91. The number of nitrogens with zero attached hydrogens (tertiary/aromatic N) is 2. The van der Waals surface area contributed by atoms with Crippen molar-refractivity contribution in [2.24, 2.45) is 0 Å². The van der Waals surface area contributed by atoms with Crippen molar-refractivity contribution in [1.29, 1.82) is 0 Å². The first-order valence-corrected chi connectivity index (χ1v) is 8.68. The lowest BCUT2D eigenvalue weighted by atomic mass is 9.89. The molecule has 0 bridgehead atoms. The average Bonchev–Trinajstić information content (AvgIpc) is 2.67. The topological polar surface area (TPSA) is 101 Å². The lowest BCUT2D eigenvalue weighted by molar-refractivity contribution is 0.0392. The number of carboxylic acids is 1. The number of carboxylic acid groups (broad SMARTS) is 1. The average molecular weight is 355 g/mol. The molecule has 1 unspecified atom stereocenters. The molecule has 0 aliphatic heterocycles. The number of amides is 1. The number of benzene rings is 1. The minimum Gasteiger partial charge on any atom is -0.476 e. The number of carbonyl (C=O) groups is 2. The maximum Gasteiger partial charge on any atom is 0.356 e. The van der Waals surface area contributed by atoms with Crippen molar-refractivity contribution in [3.63, 3.8) is 0 Å². The van der Waals surface area contributed by atoms with Gasteiger partial charge in [-0.3, -0.25) is 4.79 Å². The van der Waals surface area contributed by atoms with Crippen molar-refractivity contribution in [2.45, 2.75) is 31.8 Å². The Labute approximate surface area is 151 Å². The number of aromatic carboxylic acids is 1. The maximum absolute atomic E-state index is 12.0. The van der Waals surface area contributed by atoms with Crippen LogP contribution < -0.4 is 5.32 Å². The minimum atomic E-state index is -1.18. The highest BCUT2D eigenvalue weighted by atomic mass is 16.5. The summed E-state index contributed by atoms with van der Waals surface area (Å²) in [6.45, 7) is 1.01. The van der Waals surface area contributed by atoms with Crippen LogP contribution in [0.3, 0.4) is 0 Å². The molecule has 1 atom stereocenters. The zero-order valence-corrected chi connectivity index (χ0v) is 14.4. The summed E-state index contributed by atoms with van der Waals surface area (Å²) in [4.78, 5) is 30.2. The molecule has 1 aliphatic carbocycles. The molecular formula is C19H21N3O4. The van der Waals surface area contributed by atoms with E-state index in [0.717, 1.165) is 31.7 Å². The lowest BCUT2D eigenvalue weighted by Gasteiger charge is -2.25. The largest absolute Gasteiger partial charge is 0.476 e. The predicted octanol–water partition coefficient (Wildman–Crippen LogP) is 2.39. The van der Waals surface area contributed by atoms with Crippen molar-refractivity contribution in [3.8, 4) is 0 Å². The third kappa shape index (κ3) is 4.43. The quantitative estimate of drug-likeness (QED) is 0.740. The monoisotopic (exact) mass is 355 g/mol. The number of carbonyl (C=O) groups excluding carboxylic acids is 1. The van der Waals surface area contributed by atoms with Gasteiger partial charge in [0.25, 0.3) is 5.91 Å². The number of aromatic nitrogens is 2.